The molecule has 0 bridgehead atoms. The largest absolute Gasteiger partial charge is 0.490 e. The molecule has 2 heteroatoms. The smallest absolute Gasteiger partial charge is 0.123 e. The van der Waals surface area contributed by atoms with Crippen molar-refractivity contribution in [1.82, 2.24) is 5.32 Å². The first kappa shape index (κ1) is 12.0. The van der Waals surface area contributed by atoms with Crippen LogP contribution in [0.25, 0.3) is 0 Å². The highest BCUT2D eigenvalue weighted by Crippen LogP contribution is 2.30. The molecule has 2 aliphatic heterocycles. The number of fused-ring (bicyclic) bond motifs is 1. The first-order chi connectivity index (χ1) is 8.92. The lowest BCUT2D eigenvalue weighted by atomic mass is 9.91. The van der Waals surface area contributed by atoms with Crippen LogP contribution in [0.4, 0.5) is 0 Å². The SMILES string of the molecule is c1ccc2c(c1)CC(CCCC1CCNCC1)O2. The van der Waals surface area contributed by atoms with Crippen molar-refractivity contribution < 1.29 is 4.74 Å². The van der Waals surface area contributed by atoms with E-state index in [1.807, 2.05) is 0 Å². The summed E-state index contributed by atoms with van der Waals surface area (Å²) in [5, 5.41) is 3.43. The minimum Gasteiger partial charge on any atom is -0.490 e. The summed E-state index contributed by atoms with van der Waals surface area (Å²) in [5.74, 6) is 2.07. The molecule has 0 spiro atoms. The van der Waals surface area contributed by atoms with E-state index in [9.17, 15) is 0 Å². The maximum absolute atomic E-state index is 5.98. The second kappa shape index (κ2) is 5.75. The summed E-state index contributed by atoms with van der Waals surface area (Å²) in [6.45, 7) is 2.44. The maximum Gasteiger partial charge on any atom is 0.123 e. The Bertz CT molecular complexity index is 359. The molecule has 2 nitrogen and oxygen atoms in total. The Labute approximate surface area is 110 Å². The van der Waals surface area contributed by atoms with E-state index in [1.54, 1.807) is 0 Å². The number of hydrogen-bond donors (Lipinski definition) is 1. The summed E-state index contributed by atoms with van der Waals surface area (Å²) in [5.41, 5.74) is 1.39. The molecule has 1 N–H and O–H groups in total. The number of hydrogen-bond acceptors (Lipinski definition) is 2. The highest BCUT2D eigenvalue weighted by Gasteiger charge is 2.22. The van der Waals surface area contributed by atoms with Gasteiger partial charge in [-0.2, -0.15) is 0 Å². The fraction of sp³-hybridized carbons (Fsp3) is 0.625. The number of para-hydroxylation sites is 1. The Morgan fingerprint density at radius 1 is 1.11 bits per heavy atom. The molecule has 0 saturated carbocycles. The van der Waals surface area contributed by atoms with Gasteiger partial charge in [-0.1, -0.05) is 24.6 Å². The zero-order valence-corrected chi connectivity index (χ0v) is 11.0. The third kappa shape index (κ3) is 2.86. The minimum atomic E-state index is 0.434. The Hall–Kier alpha value is -1.02. The van der Waals surface area contributed by atoms with Crippen LogP contribution in [0.1, 0.15) is 37.7 Å². The fourth-order valence-electron chi connectivity index (χ4n) is 3.22. The van der Waals surface area contributed by atoms with Gasteiger partial charge in [-0.15, -0.1) is 0 Å². The van der Waals surface area contributed by atoms with E-state index in [2.05, 4.69) is 29.6 Å². The topological polar surface area (TPSA) is 21.3 Å². The van der Waals surface area contributed by atoms with Crippen LogP contribution < -0.4 is 10.1 Å². The second-order valence-corrected chi connectivity index (χ2v) is 5.68. The maximum atomic E-state index is 5.98. The third-order valence-corrected chi connectivity index (χ3v) is 4.31. The highest BCUT2D eigenvalue weighted by molar-refractivity contribution is 5.37. The first-order valence-electron chi connectivity index (χ1n) is 7.37. The van der Waals surface area contributed by atoms with Gasteiger partial charge in [0.1, 0.15) is 11.9 Å². The molecule has 98 valence electrons. The predicted molar refractivity (Wildman–Crippen MR) is 74.0 cm³/mol. The van der Waals surface area contributed by atoms with Crippen LogP contribution in [-0.4, -0.2) is 19.2 Å². The van der Waals surface area contributed by atoms with Gasteiger partial charge in [-0.3, -0.25) is 0 Å². The normalized spacial score (nSPS) is 23.7. The standard InChI is InChI=1S/C16H23NO/c1-2-7-16-14(5-1)12-15(18-16)6-3-4-13-8-10-17-11-9-13/h1-2,5,7,13,15,17H,3-4,6,8-12H2. The van der Waals surface area contributed by atoms with Crippen molar-refractivity contribution in [1.29, 1.82) is 0 Å². The first-order valence-corrected chi connectivity index (χ1v) is 7.37. The van der Waals surface area contributed by atoms with Crippen LogP contribution in [-0.2, 0) is 6.42 Å². The van der Waals surface area contributed by atoms with Gasteiger partial charge >= 0.3 is 0 Å². The fourth-order valence-corrected chi connectivity index (χ4v) is 3.22. The van der Waals surface area contributed by atoms with Crippen LogP contribution >= 0.6 is 0 Å². The van der Waals surface area contributed by atoms with Gasteiger partial charge in [-0.25, -0.2) is 0 Å². The zero-order valence-electron chi connectivity index (χ0n) is 11.0. The van der Waals surface area contributed by atoms with Crippen molar-refractivity contribution in [2.24, 2.45) is 5.92 Å². The molecule has 0 amide bonds. The van der Waals surface area contributed by atoms with Crippen molar-refractivity contribution in [3.63, 3.8) is 0 Å². The van der Waals surface area contributed by atoms with Crippen LogP contribution in [0.15, 0.2) is 24.3 Å². The zero-order chi connectivity index (χ0) is 12.2. The van der Waals surface area contributed by atoms with E-state index in [-0.39, 0.29) is 0 Å². The van der Waals surface area contributed by atoms with Gasteiger partial charge < -0.3 is 10.1 Å². The summed E-state index contributed by atoms with van der Waals surface area (Å²) in [7, 11) is 0. The van der Waals surface area contributed by atoms with E-state index in [0.29, 0.717) is 6.10 Å². The molecule has 1 fully saturated rings. The molecular formula is C16H23NO. The predicted octanol–water partition coefficient (Wildman–Crippen LogP) is 3.16. The van der Waals surface area contributed by atoms with Crippen LogP contribution in [0.5, 0.6) is 5.75 Å². The third-order valence-electron chi connectivity index (χ3n) is 4.31. The van der Waals surface area contributed by atoms with Gasteiger partial charge in [0.25, 0.3) is 0 Å². The van der Waals surface area contributed by atoms with Gasteiger partial charge in [0, 0.05) is 6.42 Å². The lowest BCUT2D eigenvalue weighted by Crippen LogP contribution is -2.27. The number of ether oxygens (including phenoxy) is 1. The van der Waals surface area contributed by atoms with Crippen molar-refractivity contribution in [3.8, 4) is 5.75 Å². The van der Waals surface area contributed by atoms with E-state index < -0.39 is 0 Å². The molecule has 1 unspecified atom stereocenters. The molecule has 1 atom stereocenters. The van der Waals surface area contributed by atoms with Crippen molar-refractivity contribution in [3.05, 3.63) is 29.8 Å². The molecule has 18 heavy (non-hydrogen) atoms. The summed E-state index contributed by atoms with van der Waals surface area (Å²) in [6.07, 6.45) is 8.21. The molecule has 1 saturated heterocycles. The van der Waals surface area contributed by atoms with E-state index in [0.717, 1.165) is 18.1 Å². The van der Waals surface area contributed by atoms with Crippen molar-refractivity contribution in [2.75, 3.05) is 13.1 Å². The Balaban J connectivity index is 1.40. The summed E-state index contributed by atoms with van der Waals surface area (Å²) in [6, 6.07) is 8.47. The molecule has 0 aliphatic carbocycles. The summed E-state index contributed by atoms with van der Waals surface area (Å²) < 4.78 is 5.98. The lowest BCUT2D eigenvalue weighted by Gasteiger charge is -2.22. The van der Waals surface area contributed by atoms with E-state index in [1.165, 1.54) is 50.8 Å². The molecule has 2 aliphatic rings. The van der Waals surface area contributed by atoms with Crippen molar-refractivity contribution >= 4 is 0 Å². The molecule has 1 aromatic carbocycles. The quantitative estimate of drug-likeness (QED) is 0.880. The van der Waals surface area contributed by atoms with Gasteiger partial charge in [0.15, 0.2) is 0 Å². The number of benzene rings is 1. The molecule has 0 aromatic heterocycles. The van der Waals surface area contributed by atoms with E-state index >= 15 is 0 Å². The average molecular weight is 245 g/mol. The second-order valence-electron chi connectivity index (χ2n) is 5.68. The molecular weight excluding hydrogens is 222 g/mol. The molecule has 2 heterocycles. The minimum absolute atomic E-state index is 0.434. The number of rotatable bonds is 4. The van der Waals surface area contributed by atoms with Gasteiger partial charge in [-0.05, 0) is 56.3 Å². The average Bonchev–Trinajstić information content (AvgIpc) is 2.82. The number of nitrogens with one attached hydrogen (secondary N) is 1. The molecule has 1 aromatic rings. The lowest BCUT2D eigenvalue weighted by molar-refractivity contribution is 0.210. The number of piperidine rings is 1. The van der Waals surface area contributed by atoms with Crippen LogP contribution in [0.2, 0.25) is 0 Å². The van der Waals surface area contributed by atoms with Crippen LogP contribution in [0.3, 0.4) is 0 Å². The Morgan fingerprint density at radius 2 is 1.94 bits per heavy atom. The Kier molecular flexibility index (Phi) is 3.84. The monoisotopic (exact) mass is 245 g/mol. The van der Waals surface area contributed by atoms with Crippen molar-refractivity contribution in [2.45, 2.75) is 44.6 Å². The summed E-state index contributed by atoms with van der Waals surface area (Å²) >= 11 is 0. The molecule has 0 radical (unpaired) electrons. The summed E-state index contributed by atoms with van der Waals surface area (Å²) in [4.78, 5) is 0. The molecule has 3 rings (SSSR count). The van der Waals surface area contributed by atoms with Crippen LogP contribution in [0, 0.1) is 5.92 Å². The highest BCUT2D eigenvalue weighted by atomic mass is 16.5. The van der Waals surface area contributed by atoms with E-state index in [4.69, 9.17) is 4.74 Å². The Morgan fingerprint density at radius 3 is 2.78 bits per heavy atom. The van der Waals surface area contributed by atoms with Gasteiger partial charge in [0.05, 0.1) is 0 Å². The van der Waals surface area contributed by atoms with Gasteiger partial charge in [0.2, 0.25) is 0 Å².